The maximum atomic E-state index is 13.8. The van der Waals surface area contributed by atoms with Gasteiger partial charge in [0.05, 0.1) is 5.56 Å². The topological polar surface area (TPSA) is 32.3 Å². The summed E-state index contributed by atoms with van der Waals surface area (Å²) in [5.41, 5.74) is 1.10. The molecule has 1 amide bonds. The largest absolute Gasteiger partial charge is 0.336 e. The second-order valence-electron chi connectivity index (χ2n) is 5.06. The van der Waals surface area contributed by atoms with Crippen LogP contribution in [-0.2, 0) is 0 Å². The van der Waals surface area contributed by atoms with E-state index in [2.05, 4.69) is 5.32 Å². The van der Waals surface area contributed by atoms with Gasteiger partial charge >= 0.3 is 0 Å². The van der Waals surface area contributed by atoms with Crippen LogP contribution in [0.1, 0.15) is 35.7 Å². The smallest absolute Gasteiger partial charge is 0.257 e. The Morgan fingerprint density at radius 1 is 1.42 bits per heavy atom. The number of carbonyl (C=O) groups is 1. The summed E-state index contributed by atoms with van der Waals surface area (Å²) in [6, 6.07) is 4.92. The van der Waals surface area contributed by atoms with Crippen molar-refractivity contribution >= 4 is 5.91 Å². The number of piperidine rings is 1. The lowest BCUT2D eigenvalue weighted by atomic mass is 10.0. The van der Waals surface area contributed by atoms with E-state index in [1.54, 1.807) is 17.0 Å². The number of nitrogens with zero attached hydrogens (tertiary/aromatic N) is 1. The molecule has 1 N–H and O–H groups in total. The normalized spacial score (nSPS) is 16.4. The van der Waals surface area contributed by atoms with Gasteiger partial charge in [-0.25, -0.2) is 4.39 Å². The number of amides is 1. The zero-order valence-electron chi connectivity index (χ0n) is 11.6. The van der Waals surface area contributed by atoms with Gasteiger partial charge in [0.1, 0.15) is 5.82 Å². The first-order chi connectivity index (χ1) is 9.13. The third kappa shape index (κ3) is 3.13. The predicted octanol–water partition coefficient (Wildman–Crippen LogP) is 2.35. The zero-order chi connectivity index (χ0) is 13.8. The number of hydrogen-bond donors (Lipinski definition) is 1. The van der Waals surface area contributed by atoms with Crippen LogP contribution in [0.3, 0.4) is 0 Å². The maximum absolute atomic E-state index is 13.8. The standard InChI is InChI=1S/C15H21FN2O/c1-3-18(12-6-8-17-9-7-12)15(19)13-10-11(2)4-5-14(13)16/h4-5,10,12,17H,3,6-9H2,1-2H3. The lowest BCUT2D eigenvalue weighted by molar-refractivity contribution is 0.0651. The van der Waals surface area contributed by atoms with E-state index < -0.39 is 5.82 Å². The van der Waals surface area contributed by atoms with Gasteiger partial charge < -0.3 is 10.2 Å². The van der Waals surface area contributed by atoms with E-state index >= 15 is 0 Å². The molecule has 0 bridgehead atoms. The van der Waals surface area contributed by atoms with E-state index in [4.69, 9.17) is 0 Å². The average Bonchev–Trinajstić information content (AvgIpc) is 2.43. The lowest BCUT2D eigenvalue weighted by Crippen LogP contribution is -2.46. The van der Waals surface area contributed by atoms with E-state index in [9.17, 15) is 9.18 Å². The Hall–Kier alpha value is -1.42. The summed E-state index contributed by atoms with van der Waals surface area (Å²) in [6.07, 6.45) is 1.88. The molecule has 0 spiro atoms. The molecule has 1 saturated heterocycles. The average molecular weight is 264 g/mol. The van der Waals surface area contributed by atoms with Crippen LogP contribution in [0.4, 0.5) is 4.39 Å². The van der Waals surface area contributed by atoms with E-state index in [0.717, 1.165) is 31.5 Å². The van der Waals surface area contributed by atoms with Gasteiger partial charge in [-0.05, 0) is 51.9 Å². The quantitative estimate of drug-likeness (QED) is 0.909. The highest BCUT2D eigenvalue weighted by atomic mass is 19.1. The van der Waals surface area contributed by atoms with Gasteiger partial charge in [-0.3, -0.25) is 4.79 Å². The third-order valence-corrected chi connectivity index (χ3v) is 3.70. The van der Waals surface area contributed by atoms with Crippen LogP contribution >= 0.6 is 0 Å². The van der Waals surface area contributed by atoms with Gasteiger partial charge in [0, 0.05) is 12.6 Å². The minimum absolute atomic E-state index is 0.185. The number of hydrogen-bond acceptors (Lipinski definition) is 2. The summed E-state index contributed by atoms with van der Waals surface area (Å²) in [7, 11) is 0. The van der Waals surface area contributed by atoms with Crippen LogP contribution in [0.15, 0.2) is 18.2 Å². The van der Waals surface area contributed by atoms with Crippen molar-refractivity contribution in [3.8, 4) is 0 Å². The van der Waals surface area contributed by atoms with E-state index in [-0.39, 0.29) is 17.5 Å². The molecule has 19 heavy (non-hydrogen) atoms. The first-order valence-electron chi connectivity index (χ1n) is 6.91. The van der Waals surface area contributed by atoms with Gasteiger partial charge in [0.25, 0.3) is 5.91 Å². The second kappa shape index (κ2) is 6.15. The fraction of sp³-hybridized carbons (Fsp3) is 0.533. The SMILES string of the molecule is CCN(C(=O)c1cc(C)ccc1F)C1CCNCC1. The van der Waals surface area contributed by atoms with Crippen LogP contribution in [0.25, 0.3) is 0 Å². The summed E-state index contributed by atoms with van der Waals surface area (Å²) in [6.45, 7) is 6.29. The van der Waals surface area contributed by atoms with Crippen molar-refractivity contribution < 1.29 is 9.18 Å². The number of rotatable bonds is 3. The molecular weight excluding hydrogens is 243 g/mol. The van der Waals surface area contributed by atoms with Crippen LogP contribution in [0.5, 0.6) is 0 Å². The fourth-order valence-corrected chi connectivity index (χ4v) is 2.64. The van der Waals surface area contributed by atoms with E-state index in [0.29, 0.717) is 6.54 Å². The van der Waals surface area contributed by atoms with Crippen LogP contribution in [-0.4, -0.2) is 36.5 Å². The van der Waals surface area contributed by atoms with Crippen molar-refractivity contribution in [2.24, 2.45) is 0 Å². The monoisotopic (exact) mass is 264 g/mol. The molecule has 2 rings (SSSR count). The molecular formula is C15H21FN2O. The molecule has 0 saturated carbocycles. The summed E-state index contributed by atoms with van der Waals surface area (Å²) in [5.74, 6) is -0.612. The van der Waals surface area contributed by atoms with Gasteiger partial charge in [0.15, 0.2) is 0 Å². The molecule has 0 unspecified atom stereocenters. The van der Waals surface area contributed by atoms with Crippen LogP contribution in [0, 0.1) is 12.7 Å². The predicted molar refractivity (Wildman–Crippen MR) is 73.7 cm³/mol. The molecule has 4 heteroatoms. The van der Waals surface area contributed by atoms with E-state index in [1.165, 1.54) is 6.07 Å². The highest BCUT2D eigenvalue weighted by Crippen LogP contribution is 2.18. The number of benzene rings is 1. The summed E-state index contributed by atoms with van der Waals surface area (Å²) in [5, 5.41) is 3.28. The summed E-state index contributed by atoms with van der Waals surface area (Å²) >= 11 is 0. The lowest BCUT2D eigenvalue weighted by Gasteiger charge is -2.34. The molecule has 1 aliphatic heterocycles. The molecule has 1 fully saturated rings. The fourth-order valence-electron chi connectivity index (χ4n) is 2.64. The Labute approximate surface area is 113 Å². The first kappa shape index (κ1) is 14.0. The molecule has 3 nitrogen and oxygen atoms in total. The summed E-state index contributed by atoms with van der Waals surface area (Å²) < 4.78 is 13.8. The van der Waals surface area contributed by atoms with Crippen molar-refractivity contribution in [1.82, 2.24) is 10.2 Å². The van der Waals surface area contributed by atoms with Gasteiger partial charge in [0.2, 0.25) is 0 Å². The van der Waals surface area contributed by atoms with Crippen molar-refractivity contribution in [1.29, 1.82) is 0 Å². The van der Waals surface area contributed by atoms with Crippen molar-refractivity contribution in [3.63, 3.8) is 0 Å². The Kier molecular flexibility index (Phi) is 4.53. The Morgan fingerprint density at radius 3 is 2.74 bits per heavy atom. The van der Waals surface area contributed by atoms with Gasteiger partial charge in [-0.15, -0.1) is 0 Å². The molecule has 1 aliphatic rings. The highest BCUT2D eigenvalue weighted by Gasteiger charge is 2.26. The molecule has 0 aromatic heterocycles. The maximum Gasteiger partial charge on any atom is 0.257 e. The Bertz CT molecular complexity index is 455. The van der Waals surface area contributed by atoms with Gasteiger partial charge in [-0.2, -0.15) is 0 Å². The molecule has 104 valence electrons. The molecule has 0 radical (unpaired) electrons. The summed E-state index contributed by atoms with van der Waals surface area (Å²) in [4.78, 5) is 14.3. The van der Waals surface area contributed by atoms with Crippen LogP contribution in [0.2, 0.25) is 0 Å². The third-order valence-electron chi connectivity index (χ3n) is 3.70. The van der Waals surface area contributed by atoms with E-state index in [1.807, 2.05) is 13.8 Å². The van der Waals surface area contributed by atoms with Crippen LogP contribution < -0.4 is 5.32 Å². The minimum atomic E-state index is -0.428. The first-order valence-corrected chi connectivity index (χ1v) is 6.91. The molecule has 1 aromatic rings. The number of halogens is 1. The Morgan fingerprint density at radius 2 is 2.11 bits per heavy atom. The molecule has 1 aromatic carbocycles. The minimum Gasteiger partial charge on any atom is -0.336 e. The van der Waals surface area contributed by atoms with Gasteiger partial charge in [-0.1, -0.05) is 11.6 Å². The number of carbonyl (C=O) groups excluding carboxylic acids is 1. The van der Waals surface area contributed by atoms with Crippen molar-refractivity contribution in [3.05, 3.63) is 35.1 Å². The number of nitrogens with one attached hydrogen (secondary N) is 1. The Balaban J connectivity index is 2.22. The molecule has 0 aliphatic carbocycles. The zero-order valence-corrected chi connectivity index (χ0v) is 11.6. The molecule has 1 heterocycles. The van der Waals surface area contributed by atoms with Crippen molar-refractivity contribution in [2.45, 2.75) is 32.7 Å². The van der Waals surface area contributed by atoms with Crippen molar-refractivity contribution in [2.75, 3.05) is 19.6 Å². The second-order valence-corrected chi connectivity index (χ2v) is 5.06. The highest BCUT2D eigenvalue weighted by molar-refractivity contribution is 5.94. The molecule has 0 atom stereocenters. The number of aryl methyl sites for hydroxylation is 1.